The molecule has 22 nitrogen and oxygen atoms in total. The van der Waals surface area contributed by atoms with Crippen molar-refractivity contribution in [3.8, 4) is 0 Å². The molecule has 2 heterocycles. The van der Waals surface area contributed by atoms with Gasteiger partial charge in [-0.3, -0.25) is 33.3 Å². The zero-order chi connectivity index (χ0) is 47.2. The van der Waals surface area contributed by atoms with Crippen LogP contribution in [0.15, 0.2) is 42.9 Å². The van der Waals surface area contributed by atoms with E-state index >= 15 is 0 Å². The van der Waals surface area contributed by atoms with Crippen LogP contribution < -0.4 is 27.0 Å². The maximum atomic E-state index is 14.2. The van der Waals surface area contributed by atoms with Crippen LogP contribution in [0.2, 0.25) is 0 Å². The lowest BCUT2D eigenvalue weighted by Gasteiger charge is -2.28. The molecular weight excluding hydrogens is 859 g/mol. The minimum absolute atomic E-state index is 0.00477. The second-order valence-electron chi connectivity index (χ2n) is 15.9. The Hall–Kier alpha value is -4.80. The fourth-order valence-corrected chi connectivity index (χ4v) is 7.42. The molecule has 64 heavy (non-hydrogen) atoms. The number of rotatable bonds is 30. The molecule has 1 fully saturated rings. The maximum absolute atomic E-state index is 14.2. The summed E-state index contributed by atoms with van der Waals surface area (Å²) in [5.74, 6) is -4.95. The minimum Gasteiger partial charge on any atom is -0.394 e. The van der Waals surface area contributed by atoms with E-state index in [2.05, 4.69) is 47.9 Å². The van der Waals surface area contributed by atoms with E-state index in [0.29, 0.717) is 25.3 Å². The highest BCUT2D eigenvalue weighted by molar-refractivity contribution is 7.46. The zero-order valence-electron chi connectivity index (χ0n) is 36.8. The standard InChI is InChI=1S/C41H65N8O14P/c1-26(2)13-14-31(45-41(56)34-21-30(23-49(34)35(51)15-17-61-19-18-60-4)62-16-9-8-12-28-10-6-5-7-11-28)38(53)46-32(20-29-22-43-25-44-29)39(54)47-33(24-50)40(55)48-36(37(42)52)27(3)63-64(57,58)59/h5-7,10-11,22,25-27,30-34,36,50H,8-9,12-21,23-24H2,1-4H3,(H2,42,52)(H,43,44)(H,45,56)(H,46,53)(H,47,54)(H,48,55)(H2,57,58,59)/t27-,30-,31+,32+,33+,34+,36+/m1/s1. The summed E-state index contributed by atoms with van der Waals surface area (Å²) in [5, 5.41) is 20.0. The third-order valence-electron chi connectivity index (χ3n) is 10.3. The number of aryl methyl sites for hydroxylation is 1. The number of amides is 6. The van der Waals surface area contributed by atoms with Gasteiger partial charge in [0.25, 0.3) is 0 Å². The third-order valence-corrected chi connectivity index (χ3v) is 10.9. The van der Waals surface area contributed by atoms with Gasteiger partial charge in [-0.2, -0.15) is 0 Å². The fraction of sp³-hybridized carbons (Fsp3) is 0.634. The maximum Gasteiger partial charge on any atom is 0.469 e. The summed E-state index contributed by atoms with van der Waals surface area (Å²) in [6, 6.07) is 2.92. The Morgan fingerprint density at radius 1 is 0.906 bits per heavy atom. The molecule has 1 aromatic heterocycles. The molecule has 0 unspecified atom stereocenters. The Bertz CT molecular complexity index is 1820. The molecule has 358 valence electrons. The van der Waals surface area contributed by atoms with Gasteiger partial charge < -0.3 is 66.0 Å². The summed E-state index contributed by atoms with van der Waals surface area (Å²) in [6.45, 7) is 5.23. The number of benzene rings is 1. The number of aromatic amines is 1. The lowest BCUT2D eigenvalue weighted by Crippen LogP contribution is -2.61. The first-order valence-electron chi connectivity index (χ1n) is 21.3. The lowest BCUT2D eigenvalue weighted by molar-refractivity contribution is -0.140. The van der Waals surface area contributed by atoms with E-state index in [0.717, 1.165) is 26.2 Å². The number of likely N-dealkylation sites (tertiary alicyclic amines) is 1. The molecule has 7 atom stereocenters. The van der Waals surface area contributed by atoms with Gasteiger partial charge in [-0.25, -0.2) is 9.55 Å². The molecule has 0 spiro atoms. The molecule has 1 aromatic carbocycles. The second-order valence-corrected chi connectivity index (χ2v) is 17.1. The molecule has 6 amide bonds. The van der Waals surface area contributed by atoms with Crippen molar-refractivity contribution < 1.29 is 67.0 Å². The molecule has 0 radical (unpaired) electrons. The largest absolute Gasteiger partial charge is 0.469 e. The number of H-pyrrole nitrogens is 1. The van der Waals surface area contributed by atoms with Gasteiger partial charge in [0.1, 0.15) is 30.2 Å². The third kappa shape index (κ3) is 19.1. The number of primary amides is 1. The highest BCUT2D eigenvalue weighted by Gasteiger charge is 2.41. The molecule has 1 aliphatic rings. The van der Waals surface area contributed by atoms with Crippen LogP contribution >= 0.6 is 7.82 Å². The predicted molar refractivity (Wildman–Crippen MR) is 230 cm³/mol. The molecule has 1 saturated heterocycles. The minimum atomic E-state index is -5.12. The Labute approximate surface area is 372 Å². The first kappa shape index (κ1) is 53.5. The predicted octanol–water partition coefficient (Wildman–Crippen LogP) is -0.635. The molecule has 3 rings (SSSR count). The van der Waals surface area contributed by atoms with Crippen LogP contribution in [0.5, 0.6) is 0 Å². The van der Waals surface area contributed by atoms with Gasteiger partial charge in [0, 0.05) is 45.0 Å². The number of hydrogen-bond donors (Lipinski definition) is 9. The number of imidazole rings is 1. The van der Waals surface area contributed by atoms with Crippen molar-refractivity contribution in [1.29, 1.82) is 0 Å². The van der Waals surface area contributed by atoms with Gasteiger partial charge >= 0.3 is 7.82 Å². The van der Waals surface area contributed by atoms with E-state index in [1.165, 1.54) is 30.1 Å². The van der Waals surface area contributed by atoms with Crippen molar-refractivity contribution in [3.63, 3.8) is 0 Å². The van der Waals surface area contributed by atoms with Gasteiger partial charge in [-0.05, 0) is 50.5 Å². The number of aliphatic hydroxyl groups excluding tert-OH is 1. The van der Waals surface area contributed by atoms with Crippen molar-refractivity contribution in [3.05, 3.63) is 54.1 Å². The molecule has 10 N–H and O–H groups in total. The molecule has 0 bridgehead atoms. The number of methoxy groups -OCH3 is 1. The Morgan fingerprint density at radius 2 is 1.59 bits per heavy atom. The summed E-state index contributed by atoms with van der Waals surface area (Å²) >= 11 is 0. The number of nitrogens with one attached hydrogen (secondary N) is 5. The van der Waals surface area contributed by atoms with Gasteiger partial charge in [-0.1, -0.05) is 44.2 Å². The number of nitrogens with two attached hydrogens (primary N) is 1. The van der Waals surface area contributed by atoms with Gasteiger partial charge in [0.05, 0.1) is 51.4 Å². The van der Waals surface area contributed by atoms with Crippen molar-refractivity contribution in [2.45, 2.75) is 115 Å². The Kier molecular flexibility index (Phi) is 23.0. The number of aliphatic hydroxyl groups is 1. The fourth-order valence-electron chi connectivity index (χ4n) is 6.87. The summed E-state index contributed by atoms with van der Waals surface area (Å²) in [7, 11) is -3.58. The highest BCUT2D eigenvalue weighted by atomic mass is 31.2. The zero-order valence-corrected chi connectivity index (χ0v) is 37.7. The van der Waals surface area contributed by atoms with Crippen LogP contribution in [0.25, 0.3) is 0 Å². The van der Waals surface area contributed by atoms with E-state index in [-0.39, 0.29) is 57.3 Å². The van der Waals surface area contributed by atoms with E-state index in [9.17, 15) is 38.4 Å². The SMILES string of the molecule is COCCOCCC(=O)N1C[C@H](OCCCCc2ccccc2)C[C@H]1C(=O)N[C@@H](CCC(C)C)C(=O)N[C@@H](Cc1cnc[nH]1)C(=O)N[C@@H](CO)C(=O)N[C@H](C(N)=O)[C@@H](C)OP(=O)(O)O. The van der Waals surface area contributed by atoms with E-state index < -0.39 is 86.4 Å². The number of nitrogens with zero attached hydrogens (tertiary/aromatic N) is 2. The van der Waals surface area contributed by atoms with E-state index in [1.807, 2.05) is 32.0 Å². The summed E-state index contributed by atoms with van der Waals surface area (Å²) in [5.41, 5.74) is 6.93. The van der Waals surface area contributed by atoms with Crippen LogP contribution in [0.3, 0.4) is 0 Å². The normalized spacial score (nSPS) is 17.5. The van der Waals surface area contributed by atoms with Crippen LogP contribution in [-0.2, 0) is 64.9 Å². The average Bonchev–Trinajstić information content (AvgIpc) is 3.93. The van der Waals surface area contributed by atoms with E-state index in [4.69, 9.17) is 29.7 Å². The van der Waals surface area contributed by atoms with Gasteiger partial charge in [0.15, 0.2) is 0 Å². The number of carbonyl (C=O) groups is 6. The molecule has 0 saturated carbocycles. The highest BCUT2D eigenvalue weighted by Crippen LogP contribution is 2.38. The quantitative estimate of drug-likeness (QED) is 0.0348. The van der Waals surface area contributed by atoms with Crippen LogP contribution in [0.4, 0.5) is 0 Å². The number of unbranched alkanes of at least 4 members (excludes halogenated alkanes) is 1. The van der Waals surface area contributed by atoms with Gasteiger partial charge in [0.2, 0.25) is 35.4 Å². The summed E-state index contributed by atoms with van der Waals surface area (Å²) in [4.78, 5) is 107. The monoisotopic (exact) mass is 924 g/mol. The molecule has 2 aromatic rings. The van der Waals surface area contributed by atoms with Gasteiger partial charge in [-0.15, -0.1) is 0 Å². The number of phosphoric acid groups is 1. The average molecular weight is 925 g/mol. The smallest absolute Gasteiger partial charge is 0.394 e. The summed E-state index contributed by atoms with van der Waals surface area (Å²) in [6.07, 6.45) is 3.80. The van der Waals surface area contributed by atoms with Crippen LogP contribution in [-0.4, -0.2) is 154 Å². The molecule has 1 aliphatic heterocycles. The van der Waals surface area contributed by atoms with Crippen molar-refractivity contribution >= 4 is 43.3 Å². The van der Waals surface area contributed by atoms with Crippen molar-refractivity contribution in [1.82, 2.24) is 36.1 Å². The lowest BCUT2D eigenvalue weighted by atomic mass is 10.0. The molecule has 0 aliphatic carbocycles. The Balaban J connectivity index is 1.78. The van der Waals surface area contributed by atoms with Crippen molar-refractivity contribution in [2.75, 3.05) is 46.7 Å². The molecule has 23 heteroatoms. The van der Waals surface area contributed by atoms with E-state index in [1.54, 1.807) is 0 Å². The van der Waals surface area contributed by atoms with Crippen LogP contribution in [0.1, 0.15) is 70.6 Å². The second kappa shape index (κ2) is 27.5. The number of phosphoric ester groups is 1. The summed E-state index contributed by atoms with van der Waals surface area (Å²) < 4.78 is 32.5. The first-order valence-corrected chi connectivity index (χ1v) is 22.8. The molecular formula is C41H65N8O14P. The van der Waals surface area contributed by atoms with Crippen molar-refractivity contribution in [2.24, 2.45) is 11.7 Å². The number of hydrogen-bond acceptors (Lipinski definition) is 13. The Morgan fingerprint density at radius 3 is 2.22 bits per heavy atom. The topological polar surface area (TPSA) is 323 Å². The first-order chi connectivity index (χ1) is 30.4. The number of carbonyl (C=O) groups excluding carboxylic acids is 6. The number of ether oxygens (including phenoxy) is 3. The number of aromatic nitrogens is 2. The van der Waals surface area contributed by atoms with Crippen LogP contribution in [0, 0.1) is 5.92 Å².